The zero-order valence-electron chi connectivity index (χ0n) is 25.7. The second-order valence-corrected chi connectivity index (χ2v) is 11.4. The molecule has 0 aliphatic heterocycles. The lowest BCUT2D eigenvalue weighted by Gasteiger charge is -2.15. The molecular formula is C31H38O10S2. The van der Waals surface area contributed by atoms with Crippen molar-refractivity contribution in [2.24, 2.45) is 0 Å². The molecule has 2 aromatic rings. The van der Waals surface area contributed by atoms with E-state index in [4.69, 9.17) is 27.0 Å². The number of allylic oxidation sites excluding steroid dienone is 5. The van der Waals surface area contributed by atoms with Gasteiger partial charge in [0.1, 0.15) is 34.1 Å². The monoisotopic (exact) mass is 634 g/mol. The van der Waals surface area contributed by atoms with Crippen molar-refractivity contribution in [1.29, 1.82) is 0 Å². The van der Waals surface area contributed by atoms with E-state index in [1.165, 1.54) is 33.7 Å². The third-order valence-electron chi connectivity index (χ3n) is 5.85. The summed E-state index contributed by atoms with van der Waals surface area (Å²) in [6, 6.07) is 1.50. The number of ether oxygens (including phenoxy) is 3. The lowest BCUT2D eigenvalue weighted by atomic mass is 10.0. The summed E-state index contributed by atoms with van der Waals surface area (Å²) in [7, 11) is 4.17. The minimum Gasteiger partial charge on any atom is -0.507 e. The van der Waals surface area contributed by atoms with Gasteiger partial charge in [0, 0.05) is 17.2 Å². The van der Waals surface area contributed by atoms with Crippen molar-refractivity contribution < 1.29 is 41.7 Å². The molecule has 0 amide bonds. The van der Waals surface area contributed by atoms with Gasteiger partial charge in [-0.2, -0.15) is 0 Å². The maximum absolute atomic E-state index is 14.2. The van der Waals surface area contributed by atoms with E-state index < -0.39 is 5.43 Å². The summed E-state index contributed by atoms with van der Waals surface area (Å²) in [5, 5.41) is 10.9. The van der Waals surface area contributed by atoms with Crippen molar-refractivity contribution in [3.63, 3.8) is 0 Å². The number of hydrogen-bond donors (Lipinski definition) is 1. The number of carbonyl (C=O) groups is 2. The fraction of sp³-hybridized carbons (Fsp3) is 0.387. The first-order valence-electron chi connectivity index (χ1n) is 13.2. The largest absolute Gasteiger partial charge is 0.507 e. The number of aromatic hydroxyl groups is 1. The molecule has 234 valence electrons. The summed E-state index contributed by atoms with van der Waals surface area (Å²) in [6.07, 6.45) is 7.16. The highest BCUT2D eigenvalue weighted by Gasteiger charge is 2.21. The molecule has 0 radical (unpaired) electrons. The predicted molar refractivity (Wildman–Crippen MR) is 170 cm³/mol. The number of fused-ring (bicyclic) bond motifs is 1. The van der Waals surface area contributed by atoms with Crippen LogP contribution in [0.2, 0.25) is 0 Å². The summed E-state index contributed by atoms with van der Waals surface area (Å²) in [5.41, 5.74) is 2.50. The Balaban J connectivity index is 2.97. The van der Waals surface area contributed by atoms with Gasteiger partial charge in [0.05, 0.1) is 50.6 Å². The maximum Gasteiger partial charge on any atom is 0.252 e. The third-order valence-corrected chi connectivity index (χ3v) is 6.79. The van der Waals surface area contributed by atoms with Gasteiger partial charge >= 0.3 is 0 Å². The van der Waals surface area contributed by atoms with Gasteiger partial charge in [-0.05, 0) is 53.5 Å². The molecule has 1 heterocycles. The first-order valence-corrected chi connectivity index (χ1v) is 14.7. The van der Waals surface area contributed by atoms with Gasteiger partial charge in [-0.25, -0.2) is 0 Å². The number of rotatable bonds is 14. The number of phenolic OH excluding ortho intramolecular Hbond substituents is 1. The molecule has 10 nitrogen and oxygen atoms in total. The molecule has 43 heavy (non-hydrogen) atoms. The van der Waals surface area contributed by atoms with E-state index >= 15 is 0 Å². The molecule has 0 bridgehead atoms. The van der Waals surface area contributed by atoms with Crippen LogP contribution in [0.25, 0.3) is 22.6 Å². The van der Waals surface area contributed by atoms with Crippen molar-refractivity contribution in [3.8, 4) is 11.5 Å². The SMILES string of the molecule is C/C=c1/oc2cc(OCC(=O)SOC)c(CC=C(C)C)c(O)c2c(=O)/c1=C(CC=C(C)C)/C(=C/OCC(=O)SOC)OC. The van der Waals surface area contributed by atoms with E-state index in [0.717, 1.165) is 11.1 Å². The molecule has 1 N–H and O–H groups in total. The van der Waals surface area contributed by atoms with E-state index in [0.29, 0.717) is 35.2 Å². The quantitative estimate of drug-likeness (QED) is 0.173. The Morgan fingerprint density at radius 1 is 0.977 bits per heavy atom. The molecule has 1 aromatic carbocycles. The number of benzene rings is 1. The molecule has 1 aromatic heterocycles. The van der Waals surface area contributed by atoms with E-state index in [2.05, 4.69) is 0 Å². The minimum absolute atomic E-state index is 0.0551. The van der Waals surface area contributed by atoms with Crippen LogP contribution in [-0.2, 0) is 33.8 Å². The Morgan fingerprint density at radius 2 is 1.60 bits per heavy atom. The van der Waals surface area contributed by atoms with Crippen LogP contribution in [-0.4, -0.2) is 49.9 Å². The van der Waals surface area contributed by atoms with Crippen LogP contribution in [0.1, 0.15) is 46.6 Å². The van der Waals surface area contributed by atoms with Crippen LogP contribution >= 0.6 is 24.1 Å². The highest BCUT2D eigenvalue weighted by Crippen LogP contribution is 2.35. The average Bonchev–Trinajstić information content (AvgIpc) is 2.95. The minimum atomic E-state index is -0.506. The fourth-order valence-corrected chi connectivity index (χ4v) is 4.52. The Kier molecular flexibility index (Phi) is 14.6. The summed E-state index contributed by atoms with van der Waals surface area (Å²) < 4.78 is 32.6. The number of phenols is 1. The first kappa shape index (κ1) is 35.7. The molecule has 12 heteroatoms. The van der Waals surface area contributed by atoms with Gasteiger partial charge in [-0.3, -0.25) is 14.4 Å². The Labute approximate surface area is 259 Å². The molecule has 0 unspecified atom stereocenters. The average molecular weight is 635 g/mol. The summed E-state index contributed by atoms with van der Waals surface area (Å²) in [5.74, 6) is 0.0713. The van der Waals surface area contributed by atoms with Crippen molar-refractivity contribution in [2.75, 3.05) is 34.5 Å². The van der Waals surface area contributed by atoms with E-state index in [1.54, 1.807) is 13.0 Å². The van der Waals surface area contributed by atoms with Gasteiger partial charge in [0.25, 0.3) is 10.2 Å². The molecule has 2 rings (SSSR count). The van der Waals surface area contributed by atoms with Crippen LogP contribution in [0.3, 0.4) is 0 Å². The Hall–Kier alpha value is -3.45. The van der Waals surface area contributed by atoms with Crippen LogP contribution < -0.4 is 20.8 Å². The second kappa shape index (κ2) is 17.6. The normalized spacial score (nSPS) is 12.6. The number of methoxy groups -OCH3 is 1. The standard InChI is InChI=1S/C31H38O10S2/c1-9-22-28(20(12-10-18(2)3)25(36-6)15-39-16-26(32)42-37-7)31(35)29-24(41-22)14-23(40-17-27(33)43-38-8)21(30(29)34)13-11-19(4)5/h9-11,14-15,34H,12-13,16-17H2,1-8H3/b22-9+,25-15-,28-20+. The molecule has 0 aliphatic rings. The van der Waals surface area contributed by atoms with Crippen LogP contribution in [0.15, 0.2) is 50.6 Å². The predicted octanol–water partition coefficient (Wildman–Crippen LogP) is 4.84. The highest BCUT2D eigenvalue weighted by atomic mass is 32.2. The highest BCUT2D eigenvalue weighted by molar-refractivity contribution is 8.09. The smallest absolute Gasteiger partial charge is 0.252 e. The zero-order valence-corrected chi connectivity index (χ0v) is 27.3. The Bertz CT molecular complexity index is 1590. The summed E-state index contributed by atoms with van der Waals surface area (Å²) in [4.78, 5) is 38.2. The van der Waals surface area contributed by atoms with E-state index in [9.17, 15) is 19.5 Å². The van der Waals surface area contributed by atoms with E-state index in [-0.39, 0.29) is 75.1 Å². The zero-order chi connectivity index (χ0) is 32.1. The van der Waals surface area contributed by atoms with Gasteiger partial charge in [0.15, 0.2) is 19.0 Å². The molecule has 0 saturated heterocycles. The fourth-order valence-electron chi connectivity index (χ4n) is 3.92. The molecular weight excluding hydrogens is 596 g/mol. The molecule has 0 aliphatic carbocycles. The molecule has 0 fully saturated rings. The maximum atomic E-state index is 14.2. The van der Waals surface area contributed by atoms with Crippen LogP contribution in [0, 0.1) is 0 Å². The third kappa shape index (κ3) is 10.1. The Morgan fingerprint density at radius 3 is 2.16 bits per heavy atom. The lowest BCUT2D eigenvalue weighted by Crippen LogP contribution is -2.41. The number of carbonyl (C=O) groups excluding carboxylic acids is 2. The first-order chi connectivity index (χ1) is 20.5. The topological polar surface area (TPSA) is 131 Å². The lowest BCUT2D eigenvalue weighted by molar-refractivity contribution is -0.114. The van der Waals surface area contributed by atoms with Crippen molar-refractivity contribution >= 4 is 56.9 Å². The van der Waals surface area contributed by atoms with Gasteiger partial charge < -0.3 is 32.1 Å². The van der Waals surface area contributed by atoms with Crippen molar-refractivity contribution in [1.82, 2.24) is 0 Å². The summed E-state index contributed by atoms with van der Waals surface area (Å²) >= 11 is 1.29. The van der Waals surface area contributed by atoms with Crippen LogP contribution in [0.5, 0.6) is 11.5 Å². The van der Waals surface area contributed by atoms with Gasteiger partial charge in [-0.15, -0.1) is 0 Å². The van der Waals surface area contributed by atoms with Gasteiger partial charge in [0.2, 0.25) is 5.43 Å². The molecule has 0 saturated carbocycles. The summed E-state index contributed by atoms with van der Waals surface area (Å²) in [6.45, 7) is 8.73. The molecule has 0 atom stereocenters. The number of hydrogen-bond acceptors (Lipinski definition) is 12. The second-order valence-electron chi connectivity index (χ2n) is 9.51. The van der Waals surface area contributed by atoms with Crippen molar-refractivity contribution in [3.05, 3.63) is 67.8 Å². The van der Waals surface area contributed by atoms with Gasteiger partial charge in [-0.1, -0.05) is 23.3 Å². The van der Waals surface area contributed by atoms with Crippen molar-refractivity contribution in [2.45, 2.75) is 47.5 Å². The molecule has 0 spiro atoms. The van der Waals surface area contributed by atoms with E-state index in [1.807, 2.05) is 39.8 Å². The van der Waals surface area contributed by atoms with Crippen LogP contribution in [0.4, 0.5) is 0 Å².